The molecule has 6 heteroatoms. The summed E-state index contributed by atoms with van der Waals surface area (Å²) in [6, 6.07) is 23.3. The van der Waals surface area contributed by atoms with Gasteiger partial charge in [0.2, 0.25) is 5.91 Å². The van der Waals surface area contributed by atoms with Crippen LogP contribution in [0.25, 0.3) is 0 Å². The number of amides is 1. The summed E-state index contributed by atoms with van der Waals surface area (Å²) in [5, 5.41) is 12.7. The Balaban J connectivity index is 1.86. The smallest absolute Gasteiger partial charge is 0.225 e. The van der Waals surface area contributed by atoms with Crippen LogP contribution in [0.15, 0.2) is 83.8 Å². The first-order valence-corrected chi connectivity index (χ1v) is 11.0. The molecule has 0 aromatic heterocycles. The fourth-order valence-corrected chi connectivity index (χ4v) is 4.07. The molecule has 0 heterocycles. The Bertz CT molecular complexity index is 1040. The molecule has 5 nitrogen and oxygen atoms in total. The Hall–Kier alpha value is -3.12. The molecule has 2 N–H and O–H groups in total. The highest BCUT2D eigenvalue weighted by molar-refractivity contribution is 7.91. The summed E-state index contributed by atoms with van der Waals surface area (Å²) in [6.07, 6.45) is 0.151. The van der Waals surface area contributed by atoms with Crippen molar-refractivity contribution in [3.05, 3.63) is 90.0 Å². The van der Waals surface area contributed by atoms with Crippen molar-refractivity contribution in [3.63, 3.8) is 0 Å². The molecular weight excluding hydrogens is 386 g/mol. The van der Waals surface area contributed by atoms with Crippen molar-refractivity contribution >= 4 is 21.4 Å². The Labute approximate surface area is 171 Å². The Morgan fingerprint density at radius 3 is 2.00 bits per heavy atom. The number of hydrogen-bond donors (Lipinski definition) is 2. The first-order chi connectivity index (χ1) is 13.9. The molecule has 0 atom stereocenters. The van der Waals surface area contributed by atoms with Crippen LogP contribution in [0.4, 0.5) is 5.69 Å². The minimum atomic E-state index is -3.44. The Morgan fingerprint density at radius 1 is 0.931 bits per heavy atom. The van der Waals surface area contributed by atoms with Gasteiger partial charge in [0.25, 0.3) is 0 Å². The van der Waals surface area contributed by atoms with Gasteiger partial charge in [0.15, 0.2) is 9.84 Å². The van der Waals surface area contributed by atoms with Crippen molar-refractivity contribution in [1.82, 2.24) is 0 Å². The number of phenolic OH excluding ortho intramolecular Hbond substituents is 1. The zero-order valence-corrected chi connectivity index (χ0v) is 16.9. The maximum atomic E-state index is 12.8. The van der Waals surface area contributed by atoms with E-state index in [0.717, 1.165) is 11.1 Å². The number of sulfone groups is 1. The number of rotatable bonds is 7. The first kappa shape index (κ1) is 20.6. The van der Waals surface area contributed by atoms with Crippen molar-refractivity contribution in [2.24, 2.45) is 0 Å². The molecule has 0 spiro atoms. The van der Waals surface area contributed by atoms with Crippen molar-refractivity contribution < 1.29 is 18.3 Å². The fourth-order valence-electron chi connectivity index (χ4n) is 3.16. The highest BCUT2D eigenvalue weighted by Gasteiger charge is 2.20. The number of carbonyl (C=O) groups excluding carboxylic acids is 1. The Morgan fingerprint density at radius 2 is 1.48 bits per heavy atom. The van der Waals surface area contributed by atoms with Crippen LogP contribution in [0.1, 0.15) is 30.4 Å². The predicted octanol–water partition coefficient (Wildman–Crippen LogP) is 4.35. The molecule has 29 heavy (non-hydrogen) atoms. The second-order valence-electron chi connectivity index (χ2n) is 6.71. The third kappa shape index (κ3) is 5.03. The summed E-state index contributed by atoms with van der Waals surface area (Å²) in [7, 11) is -3.44. The molecule has 3 aromatic rings. The van der Waals surface area contributed by atoms with Gasteiger partial charge >= 0.3 is 0 Å². The van der Waals surface area contributed by atoms with Crippen molar-refractivity contribution in [2.45, 2.75) is 24.2 Å². The molecule has 0 fully saturated rings. The third-order valence-electron chi connectivity index (χ3n) is 4.77. The zero-order valence-electron chi connectivity index (χ0n) is 16.1. The molecule has 0 saturated heterocycles. The first-order valence-electron chi connectivity index (χ1n) is 9.36. The van der Waals surface area contributed by atoms with Crippen molar-refractivity contribution in [2.75, 3.05) is 11.1 Å². The number of benzene rings is 3. The van der Waals surface area contributed by atoms with Gasteiger partial charge in [0.1, 0.15) is 5.75 Å². The fraction of sp³-hybridized carbons (Fsp3) is 0.174. The third-order valence-corrected chi connectivity index (χ3v) is 6.51. The van der Waals surface area contributed by atoms with Crippen LogP contribution in [-0.4, -0.2) is 25.2 Å². The van der Waals surface area contributed by atoms with Gasteiger partial charge in [-0.1, -0.05) is 67.6 Å². The van der Waals surface area contributed by atoms with Crippen LogP contribution in [0.2, 0.25) is 0 Å². The molecule has 0 aliphatic rings. The van der Waals surface area contributed by atoms with E-state index in [1.54, 1.807) is 6.92 Å². The lowest BCUT2D eigenvalue weighted by Crippen LogP contribution is -2.17. The summed E-state index contributed by atoms with van der Waals surface area (Å²) in [6.45, 7) is 1.55. The summed E-state index contributed by atoms with van der Waals surface area (Å²) in [4.78, 5) is 12.8. The van der Waals surface area contributed by atoms with Crippen molar-refractivity contribution in [3.8, 4) is 5.75 Å². The van der Waals surface area contributed by atoms with E-state index >= 15 is 0 Å². The van der Waals surface area contributed by atoms with Gasteiger partial charge in [-0.05, 0) is 29.3 Å². The molecule has 0 aliphatic carbocycles. The zero-order chi connectivity index (χ0) is 20.9. The lowest BCUT2D eigenvalue weighted by Gasteiger charge is -2.18. The largest absolute Gasteiger partial charge is 0.506 e. The molecular formula is C23H23NO4S. The van der Waals surface area contributed by atoms with Crippen LogP contribution >= 0.6 is 0 Å². The topological polar surface area (TPSA) is 83.5 Å². The van der Waals surface area contributed by atoms with Gasteiger partial charge in [-0.3, -0.25) is 4.79 Å². The van der Waals surface area contributed by atoms with E-state index in [0.29, 0.717) is 0 Å². The van der Waals surface area contributed by atoms with Gasteiger partial charge in [-0.25, -0.2) is 8.42 Å². The molecule has 1 amide bonds. The maximum absolute atomic E-state index is 12.8. The summed E-state index contributed by atoms with van der Waals surface area (Å²) in [5.41, 5.74) is 2.09. The lowest BCUT2D eigenvalue weighted by molar-refractivity contribution is -0.116. The van der Waals surface area contributed by atoms with E-state index in [1.807, 2.05) is 60.7 Å². The summed E-state index contributed by atoms with van der Waals surface area (Å²) in [5.74, 6) is -0.717. The van der Waals surface area contributed by atoms with E-state index in [9.17, 15) is 18.3 Å². The second-order valence-corrected chi connectivity index (χ2v) is 8.99. The highest BCUT2D eigenvalue weighted by Crippen LogP contribution is 2.30. The molecule has 3 aromatic carbocycles. The van der Waals surface area contributed by atoms with Gasteiger partial charge in [-0.15, -0.1) is 0 Å². The average Bonchev–Trinajstić information content (AvgIpc) is 2.74. The van der Waals surface area contributed by atoms with E-state index in [1.165, 1.54) is 18.2 Å². The SMILES string of the molecule is CCS(=O)(=O)c1ccc(O)c(NC(=O)CC(c2ccccc2)c2ccccc2)c1. The average molecular weight is 410 g/mol. The molecule has 0 aliphatic heterocycles. The number of carbonyl (C=O) groups is 1. The lowest BCUT2D eigenvalue weighted by atomic mass is 9.88. The monoisotopic (exact) mass is 409 g/mol. The van der Waals surface area contributed by atoms with Crippen LogP contribution < -0.4 is 5.32 Å². The minimum Gasteiger partial charge on any atom is -0.506 e. The van der Waals surface area contributed by atoms with E-state index in [2.05, 4.69) is 5.32 Å². The number of aromatic hydroxyl groups is 1. The van der Waals surface area contributed by atoms with E-state index in [4.69, 9.17) is 0 Å². The number of nitrogens with one attached hydrogen (secondary N) is 1. The molecule has 0 bridgehead atoms. The van der Waals surface area contributed by atoms with Crippen molar-refractivity contribution in [1.29, 1.82) is 0 Å². The maximum Gasteiger partial charge on any atom is 0.225 e. The number of phenols is 1. The molecule has 150 valence electrons. The summed E-state index contributed by atoms with van der Waals surface area (Å²) >= 11 is 0. The quantitative estimate of drug-likeness (QED) is 0.569. The highest BCUT2D eigenvalue weighted by atomic mass is 32.2. The van der Waals surface area contributed by atoms with Gasteiger partial charge in [0.05, 0.1) is 16.3 Å². The number of anilines is 1. The molecule has 3 rings (SSSR count). The van der Waals surface area contributed by atoms with Crippen LogP contribution in [-0.2, 0) is 14.6 Å². The van der Waals surface area contributed by atoms with Crippen LogP contribution in [0, 0.1) is 0 Å². The van der Waals surface area contributed by atoms with E-state index < -0.39 is 9.84 Å². The second kappa shape index (κ2) is 8.92. The van der Waals surface area contributed by atoms with Gasteiger partial charge in [0, 0.05) is 12.3 Å². The van der Waals surface area contributed by atoms with Crippen LogP contribution in [0.3, 0.4) is 0 Å². The summed E-state index contributed by atoms with van der Waals surface area (Å²) < 4.78 is 24.2. The molecule has 0 radical (unpaired) electrons. The minimum absolute atomic E-state index is 0.0603. The molecule has 0 saturated carbocycles. The van der Waals surface area contributed by atoms with Gasteiger partial charge < -0.3 is 10.4 Å². The predicted molar refractivity (Wildman–Crippen MR) is 114 cm³/mol. The standard InChI is InChI=1S/C23H23NO4S/c1-2-29(27,28)19-13-14-22(25)21(15-19)24-23(26)16-20(17-9-5-3-6-10-17)18-11-7-4-8-12-18/h3-15,20,25H,2,16H2,1H3,(H,24,26). The Kier molecular flexibility index (Phi) is 6.34. The van der Waals surface area contributed by atoms with Crippen LogP contribution in [0.5, 0.6) is 5.75 Å². The molecule has 0 unspecified atom stereocenters. The normalized spacial score (nSPS) is 11.4. The van der Waals surface area contributed by atoms with E-state index in [-0.39, 0.29) is 40.3 Å². The number of hydrogen-bond acceptors (Lipinski definition) is 4. The van der Waals surface area contributed by atoms with Gasteiger partial charge in [-0.2, -0.15) is 0 Å².